The lowest BCUT2D eigenvalue weighted by Gasteiger charge is -2.23. The van der Waals surface area contributed by atoms with Crippen LogP contribution in [0.25, 0.3) is 0 Å². The van der Waals surface area contributed by atoms with Crippen LogP contribution >= 0.6 is 0 Å². The highest BCUT2D eigenvalue weighted by Gasteiger charge is 2.20. The van der Waals surface area contributed by atoms with E-state index >= 15 is 0 Å². The van der Waals surface area contributed by atoms with E-state index in [0.717, 1.165) is 0 Å². The summed E-state index contributed by atoms with van der Waals surface area (Å²) < 4.78 is 4.65. The lowest BCUT2D eigenvalue weighted by molar-refractivity contribution is -0.141. The highest BCUT2D eigenvalue weighted by molar-refractivity contribution is 5.88. The first-order valence-electron chi connectivity index (χ1n) is 6.17. The van der Waals surface area contributed by atoms with Gasteiger partial charge in [0, 0.05) is 5.54 Å². The lowest BCUT2D eigenvalue weighted by atomic mass is 10.1. The molecular weight excluding hydrogens is 250 g/mol. The molecule has 3 N–H and O–H groups in total. The second-order valence-corrected chi connectivity index (χ2v) is 5.09. The molecule has 1 unspecified atom stereocenters. The van der Waals surface area contributed by atoms with Crippen molar-refractivity contribution < 1.29 is 19.1 Å². The molecule has 0 saturated heterocycles. The number of urea groups is 1. The summed E-state index contributed by atoms with van der Waals surface area (Å²) in [7, 11) is 0. The number of amides is 3. The van der Waals surface area contributed by atoms with Gasteiger partial charge in [0.2, 0.25) is 5.91 Å². The molecule has 0 bridgehead atoms. The van der Waals surface area contributed by atoms with Gasteiger partial charge in [0.1, 0.15) is 12.6 Å². The first-order valence-corrected chi connectivity index (χ1v) is 6.17. The molecule has 7 heteroatoms. The largest absolute Gasteiger partial charge is 0.465 e. The molecule has 0 aromatic heterocycles. The number of nitrogens with one attached hydrogen (secondary N) is 3. The molecule has 0 fully saturated rings. The van der Waals surface area contributed by atoms with E-state index in [0.29, 0.717) is 0 Å². The summed E-state index contributed by atoms with van der Waals surface area (Å²) in [6.45, 7) is 8.80. The second kappa shape index (κ2) is 7.60. The summed E-state index contributed by atoms with van der Waals surface area (Å²) in [6, 6.07) is -1.29. The van der Waals surface area contributed by atoms with Crippen LogP contribution in [0.4, 0.5) is 4.79 Å². The van der Waals surface area contributed by atoms with Crippen molar-refractivity contribution in [3.63, 3.8) is 0 Å². The maximum absolute atomic E-state index is 11.7. The van der Waals surface area contributed by atoms with Gasteiger partial charge in [-0.2, -0.15) is 0 Å². The molecule has 0 aromatic rings. The van der Waals surface area contributed by atoms with E-state index in [1.54, 1.807) is 13.8 Å². The van der Waals surface area contributed by atoms with Crippen molar-refractivity contribution in [2.45, 2.75) is 46.2 Å². The number of ether oxygens (including phenoxy) is 1. The zero-order valence-corrected chi connectivity index (χ0v) is 12.1. The number of carbonyl (C=O) groups is 3. The fraction of sp³-hybridized carbons (Fsp3) is 0.750. The molecule has 19 heavy (non-hydrogen) atoms. The van der Waals surface area contributed by atoms with E-state index in [1.165, 1.54) is 0 Å². The van der Waals surface area contributed by atoms with Gasteiger partial charge in [-0.15, -0.1) is 0 Å². The van der Waals surface area contributed by atoms with Crippen molar-refractivity contribution in [2.75, 3.05) is 13.2 Å². The van der Waals surface area contributed by atoms with E-state index in [4.69, 9.17) is 0 Å². The Labute approximate surface area is 113 Å². The van der Waals surface area contributed by atoms with E-state index in [1.807, 2.05) is 20.8 Å². The Kier molecular flexibility index (Phi) is 6.89. The molecule has 0 heterocycles. The van der Waals surface area contributed by atoms with Crippen LogP contribution in [0.15, 0.2) is 0 Å². The molecule has 0 aliphatic carbocycles. The number of hydrogen-bond acceptors (Lipinski definition) is 4. The zero-order valence-electron chi connectivity index (χ0n) is 12.1. The van der Waals surface area contributed by atoms with Crippen molar-refractivity contribution in [3.05, 3.63) is 0 Å². The predicted octanol–water partition coefficient (Wildman–Crippen LogP) is 0.152. The smallest absolute Gasteiger partial charge is 0.325 e. The summed E-state index contributed by atoms with van der Waals surface area (Å²) in [6.07, 6.45) is 0. The van der Waals surface area contributed by atoms with E-state index in [9.17, 15) is 14.4 Å². The first-order chi connectivity index (χ1) is 8.65. The Morgan fingerprint density at radius 2 is 1.79 bits per heavy atom. The van der Waals surface area contributed by atoms with Crippen LogP contribution in [0.2, 0.25) is 0 Å². The van der Waals surface area contributed by atoms with Crippen LogP contribution in [0.5, 0.6) is 0 Å². The minimum atomic E-state index is -0.693. The molecule has 0 saturated carbocycles. The van der Waals surface area contributed by atoms with Gasteiger partial charge in [-0.25, -0.2) is 4.79 Å². The quantitative estimate of drug-likeness (QED) is 0.621. The van der Waals surface area contributed by atoms with E-state index in [-0.39, 0.29) is 24.6 Å². The number of rotatable bonds is 5. The molecule has 0 aliphatic heterocycles. The Morgan fingerprint density at radius 1 is 1.21 bits per heavy atom. The molecule has 110 valence electrons. The van der Waals surface area contributed by atoms with Gasteiger partial charge in [0.25, 0.3) is 0 Å². The molecule has 1 atom stereocenters. The first kappa shape index (κ1) is 17.2. The highest BCUT2D eigenvalue weighted by Crippen LogP contribution is 1.99. The molecule has 0 spiro atoms. The van der Waals surface area contributed by atoms with Gasteiger partial charge in [-0.3, -0.25) is 9.59 Å². The van der Waals surface area contributed by atoms with Gasteiger partial charge in [0.15, 0.2) is 0 Å². The third-order valence-electron chi connectivity index (χ3n) is 1.94. The number of hydrogen-bond donors (Lipinski definition) is 3. The average molecular weight is 273 g/mol. The second-order valence-electron chi connectivity index (χ2n) is 5.09. The van der Waals surface area contributed by atoms with Crippen molar-refractivity contribution in [1.82, 2.24) is 16.0 Å². The SMILES string of the molecule is CCOC(=O)CNC(=O)NC(C)C(=O)NC(C)(C)C. The van der Waals surface area contributed by atoms with Crippen LogP contribution in [0, 0.1) is 0 Å². The van der Waals surface area contributed by atoms with Crippen molar-refractivity contribution in [2.24, 2.45) is 0 Å². The maximum Gasteiger partial charge on any atom is 0.325 e. The molecule has 0 rings (SSSR count). The maximum atomic E-state index is 11.7. The number of esters is 1. The van der Waals surface area contributed by atoms with Crippen molar-refractivity contribution in [3.8, 4) is 0 Å². The molecular formula is C12H23N3O4. The Morgan fingerprint density at radius 3 is 2.26 bits per heavy atom. The van der Waals surface area contributed by atoms with Crippen LogP contribution in [0.3, 0.4) is 0 Å². The minimum Gasteiger partial charge on any atom is -0.465 e. The molecule has 0 radical (unpaired) electrons. The van der Waals surface area contributed by atoms with Gasteiger partial charge < -0.3 is 20.7 Å². The zero-order chi connectivity index (χ0) is 15.1. The highest BCUT2D eigenvalue weighted by atomic mass is 16.5. The summed E-state index contributed by atoms with van der Waals surface area (Å²) in [5.41, 5.74) is -0.367. The third kappa shape index (κ3) is 8.87. The summed E-state index contributed by atoms with van der Waals surface area (Å²) in [4.78, 5) is 34.1. The van der Waals surface area contributed by atoms with Crippen LogP contribution in [-0.2, 0) is 14.3 Å². The monoisotopic (exact) mass is 273 g/mol. The molecule has 0 aromatic carbocycles. The molecule has 0 aliphatic rings. The number of carbonyl (C=O) groups excluding carboxylic acids is 3. The third-order valence-corrected chi connectivity index (χ3v) is 1.94. The van der Waals surface area contributed by atoms with Crippen molar-refractivity contribution >= 4 is 17.9 Å². The van der Waals surface area contributed by atoms with E-state index in [2.05, 4.69) is 20.7 Å². The van der Waals surface area contributed by atoms with Crippen LogP contribution in [0.1, 0.15) is 34.6 Å². The summed E-state index contributed by atoms with van der Waals surface area (Å²) in [5.74, 6) is -0.816. The lowest BCUT2D eigenvalue weighted by Crippen LogP contribution is -2.53. The average Bonchev–Trinajstić information content (AvgIpc) is 2.24. The van der Waals surface area contributed by atoms with E-state index < -0.39 is 18.0 Å². The summed E-state index contributed by atoms with van der Waals surface area (Å²) >= 11 is 0. The van der Waals surface area contributed by atoms with Gasteiger partial charge in [-0.05, 0) is 34.6 Å². The predicted molar refractivity (Wildman–Crippen MR) is 70.5 cm³/mol. The van der Waals surface area contributed by atoms with Crippen LogP contribution < -0.4 is 16.0 Å². The fourth-order valence-electron chi connectivity index (χ4n) is 1.16. The molecule has 7 nitrogen and oxygen atoms in total. The van der Waals surface area contributed by atoms with Crippen LogP contribution in [-0.4, -0.2) is 42.6 Å². The Balaban J connectivity index is 4.05. The molecule has 3 amide bonds. The standard InChI is InChI=1S/C12H23N3O4/c1-6-19-9(16)7-13-11(18)14-8(2)10(17)15-12(3,4)5/h8H,6-7H2,1-5H3,(H,15,17)(H2,13,14,18). The minimum absolute atomic E-state index is 0.229. The Bertz CT molecular complexity index is 336. The van der Waals surface area contributed by atoms with Gasteiger partial charge in [-0.1, -0.05) is 0 Å². The fourth-order valence-corrected chi connectivity index (χ4v) is 1.16. The van der Waals surface area contributed by atoms with Crippen molar-refractivity contribution in [1.29, 1.82) is 0 Å². The summed E-state index contributed by atoms with van der Waals surface area (Å²) in [5, 5.41) is 7.48. The topological polar surface area (TPSA) is 96.5 Å². The van der Waals surface area contributed by atoms with Gasteiger partial charge in [0.05, 0.1) is 6.61 Å². The van der Waals surface area contributed by atoms with Gasteiger partial charge >= 0.3 is 12.0 Å². The normalized spacial score (nSPS) is 12.3. The Hall–Kier alpha value is -1.79.